The molecule has 6 nitrogen and oxygen atoms in total. The summed E-state index contributed by atoms with van der Waals surface area (Å²) in [4.78, 5) is 25.1. The van der Waals surface area contributed by atoms with Gasteiger partial charge in [0.15, 0.2) is 5.76 Å². The molecule has 0 saturated heterocycles. The molecule has 27 heavy (non-hydrogen) atoms. The molecule has 2 aromatic carbocycles. The summed E-state index contributed by atoms with van der Waals surface area (Å²) in [5.41, 5.74) is 1.55. The first-order valence-electron chi connectivity index (χ1n) is 8.49. The van der Waals surface area contributed by atoms with E-state index in [9.17, 15) is 9.59 Å². The molecule has 3 aromatic rings. The predicted octanol–water partition coefficient (Wildman–Crippen LogP) is 3.27. The molecule has 1 atom stereocenters. The molecule has 3 rings (SSSR count). The number of ether oxygens (including phenoxy) is 1. The lowest BCUT2D eigenvalue weighted by Crippen LogP contribution is -2.45. The summed E-state index contributed by atoms with van der Waals surface area (Å²) in [5.74, 6) is 0.0972. The number of furan rings is 1. The van der Waals surface area contributed by atoms with Gasteiger partial charge in [-0.2, -0.15) is 0 Å². The van der Waals surface area contributed by atoms with Crippen molar-refractivity contribution in [1.29, 1.82) is 0 Å². The van der Waals surface area contributed by atoms with Crippen LogP contribution in [0.4, 0.5) is 5.69 Å². The van der Waals surface area contributed by atoms with Crippen molar-refractivity contribution in [2.24, 2.45) is 0 Å². The molecule has 1 aromatic heterocycles. The summed E-state index contributed by atoms with van der Waals surface area (Å²) in [6.07, 6.45) is 1.77. The van der Waals surface area contributed by atoms with Crippen molar-refractivity contribution in [3.05, 3.63) is 84.3 Å². The molecule has 0 radical (unpaired) electrons. The van der Waals surface area contributed by atoms with Crippen molar-refractivity contribution in [2.75, 3.05) is 12.4 Å². The number of rotatable bonds is 7. The van der Waals surface area contributed by atoms with Crippen molar-refractivity contribution in [2.45, 2.75) is 12.5 Å². The Kier molecular flexibility index (Phi) is 5.89. The minimum absolute atomic E-state index is 0.158. The molecule has 2 amide bonds. The highest BCUT2D eigenvalue weighted by Gasteiger charge is 2.23. The lowest BCUT2D eigenvalue weighted by Gasteiger charge is -2.18. The van der Waals surface area contributed by atoms with Crippen LogP contribution in [0.3, 0.4) is 0 Å². The second kappa shape index (κ2) is 8.71. The fourth-order valence-electron chi connectivity index (χ4n) is 2.60. The zero-order valence-corrected chi connectivity index (χ0v) is 14.8. The molecular formula is C21H20N2O4. The van der Waals surface area contributed by atoms with Crippen molar-refractivity contribution < 1.29 is 18.7 Å². The maximum atomic E-state index is 12.8. The molecule has 0 fully saturated rings. The van der Waals surface area contributed by atoms with Crippen LogP contribution in [0.5, 0.6) is 5.75 Å². The Morgan fingerprint density at radius 1 is 1.00 bits per heavy atom. The van der Waals surface area contributed by atoms with Crippen LogP contribution in [0.2, 0.25) is 0 Å². The number of nitrogens with one attached hydrogen (secondary N) is 2. The number of carbonyl (C=O) groups is 2. The molecule has 0 aliphatic heterocycles. The largest absolute Gasteiger partial charge is 0.497 e. The van der Waals surface area contributed by atoms with Gasteiger partial charge >= 0.3 is 0 Å². The Bertz CT molecular complexity index is 874. The Labute approximate surface area is 157 Å². The molecule has 138 valence electrons. The van der Waals surface area contributed by atoms with Gasteiger partial charge in [0.1, 0.15) is 11.8 Å². The van der Waals surface area contributed by atoms with Crippen LogP contribution in [0.1, 0.15) is 16.1 Å². The van der Waals surface area contributed by atoms with Crippen LogP contribution < -0.4 is 15.4 Å². The minimum atomic E-state index is -0.757. The van der Waals surface area contributed by atoms with Gasteiger partial charge in [-0.25, -0.2) is 0 Å². The summed E-state index contributed by atoms with van der Waals surface area (Å²) in [6, 6.07) is 18.9. The first-order chi connectivity index (χ1) is 13.2. The maximum Gasteiger partial charge on any atom is 0.287 e. The number of carbonyl (C=O) groups excluding carboxylic acids is 2. The Balaban J connectivity index is 1.74. The van der Waals surface area contributed by atoms with E-state index in [2.05, 4.69) is 10.6 Å². The van der Waals surface area contributed by atoms with Crippen LogP contribution in [0.15, 0.2) is 77.4 Å². The van der Waals surface area contributed by atoms with E-state index in [1.165, 1.54) is 6.26 Å². The molecule has 0 bridgehead atoms. The molecule has 0 saturated carbocycles. The monoisotopic (exact) mass is 364 g/mol. The first-order valence-corrected chi connectivity index (χ1v) is 8.49. The van der Waals surface area contributed by atoms with Crippen molar-refractivity contribution in [3.8, 4) is 5.75 Å². The van der Waals surface area contributed by atoms with Gasteiger partial charge in [-0.1, -0.05) is 30.3 Å². The number of hydrogen-bond acceptors (Lipinski definition) is 4. The number of benzene rings is 2. The number of methoxy groups -OCH3 is 1. The highest BCUT2D eigenvalue weighted by Crippen LogP contribution is 2.16. The average Bonchev–Trinajstić information content (AvgIpc) is 3.24. The van der Waals surface area contributed by atoms with Crippen molar-refractivity contribution >= 4 is 17.5 Å². The van der Waals surface area contributed by atoms with E-state index in [-0.39, 0.29) is 11.7 Å². The normalized spacial score (nSPS) is 11.4. The van der Waals surface area contributed by atoms with E-state index in [0.29, 0.717) is 17.9 Å². The lowest BCUT2D eigenvalue weighted by atomic mass is 10.0. The zero-order valence-electron chi connectivity index (χ0n) is 14.8. The van der Waals surface area contributed by atoms with Gasteiger partial charge in [0, 0.05) is 12.1 Å². The zero-order chi connectivity index (χ0) is 19.1. The van der Waals surface area contributed by atoms with Gasteiger partial charge in [-0.15, -0.1) is 0 Å². The predicted molar refractivity (Wildman–Crippen MR) is 102 cm³/mol. The smallest absolute Gasteiger partial charge is 0.287 e. The molecule has 1 heterocycles. The van der Waals surface area contributed by atoms with Crippen molar-refractivity contribution in [1.82, 2.24) is 5.32 Å². The SMILES string of the molecule is COc1ccc(NC(=O)C(Cc2ccccc2)NC(=O)c2ccco2)cc1. The average molecular weight is 364 g/mol. The van der Waals surface area contributed by atoms with Gasteiger partial charge in [-0.05, 0) is 42.0 Å². The topological polar surface area (TPSA) is 80.6 Å². The van der Waals surface area contributed by atoms with E-state index < -0.39 is 11.9 Å². The summed E-state index contributed by atoms with van der Waals surface area (Å²) in [5, 5.41) is 5.57. The molecule has 2 N–H and O–H groups in total. The van der Waals surface area contributed by atoms with Crippen LogP contribution >= 0.6 is 0 Å². The molecule has 0 spiro atoms. The highest BCUT2D eigenvalue weighted by molar-refractivity contribution is 6.00. The number of anilines is 1. The Morgan fingerprint density at radius 2 is 1.74 bits per heavy atom. The molecule has 0 aliphatic rings. The van der Waals surface area contributed by atoms with E-state index in [4.69, 9.17) is 9.15 Å². The Morgan fingerprint density at radius 3 is 2.37 bits per heavy atom. The quantitative estimate of drug-likeness (QED) is 0.674. The third-order valence-electron chi connectivity index (χ3n) is 4.01. The van der Waals surface area contributed by atoms with Crippen LogP contribution in [-0.4, -0.2) is 25.0 Å². The van der Waals surface area contributed by atoms with E-state index in [1.54, 1.807) is 43.5 Å². The Hall–Kier alpha value is -3.54. The van der Waals surface area contributed by atoms with E-state index >= 15 is 0 Å². The van der Waals surface area contributed by atoms with Crippen LogP contribution in [0, 0.1) is 0 Å². The maximum absolute atomic E-state index is 12.8. The van der Waals surface area contributed by atoms with Gasteiger partial charge in [0.2, 0.25) is 5.91 Å². The molecule has 0 aliphatic carbocycles. The summed E-state index contributed by atoms with van der Waals surface area (Å²) in [7, 11) is 1.58. The minimum Gasteiger partial charge on any atom is -0.497 e. The second-order valence-electron chi connectivity index (χ2n) is 5.91. The van der Waals surface area contributed by atoms with Crippen molar-refractivity contribution in [3.63, 3.8) is 0 Å². The third-order valence-corrected chi connectivity index (χ3v) is 4.01. The van der Waals surface area contributed by atoms with Gasteiger partial charge in [-0.3, -0.25) is 9.59 Å². The molecule has 6 heteroatoms. The van der Waals surface area contributed by atoms with Gasteiger partial charge in [0.25, 0.3) is 5.91 Å². The summed E-state index contributed by atoms with van der Waals surface area (Å²) in [6.45, 7) is 0. The lowest BCUT2D eigenvalue weighted by molar-refractivity contribution is -0.118. The van der Waals surface area contributed by atoms with Gasteiger partial charge in [0.05, 0.1) is 13.4 Å². The van der Waals surface area contributed by atoms with E-state index in [0.717, 1.165) is 5.56 Å². The van der Waals surface area contributed by atoms with Crippen LogP contribution in [-0.2, 0) is 11.2 Å². The van der Waals surface area contributed by atoms with Gasteiger partial charge < -0.3 is 19.8 Å². The van der Waals surface area contributed by atoms with E-state index in [1.807, 2.05) is 30.3 Å². The third kappa shape index (κ3) is 4.98. The standard InChI is InChI=1S/C21H20N2O4/c1-26-17-11-9-16(10-12-17)22-20(24)18(14-15-6-3-2-4-7-15)23-21(25)19-8-5-13-27-19/h2-13,18H,14H2,1H3,(H,22,24)(H,23,25). The second-order valence-corrected chi connectivity index (χ2v) is 5.91. The molecule has 1 unspecified atom stereocenters. The fraction of sp³-hybridized carbons (Fsp3) is 0.143. The number of hydrogen-bond donors (Lipinski definition) is 2. The first kappa shape index (κ1) is 18.3. The summed E-state index contributed by atoms with van der Waals surface area (Å²) >= 11 is 0. The fourth-order valence-corrected chi connectivity index (χ4v) is 2.60. The molecular weight excluding hydrogens is 344 g/mol. The highest BCUT2D eigenvalue weighted by atomic mass is 16.5. The van der Waals surface area contributed by atoms with Crippen LogP contribution in [0.25, 0.3) is 0 Å². The number of amides is 2. The summed E-state index contributed by atoms with van der Waals surface area (Å²) < 4.78 is 10.2.